The summed E-state index contributed by atoms with van der Waals surface area (Å²) >= 11 is 0. The molecule has 1 saturated heterocycles. The van der Waals surface area contributed by atoms with Crippen molar-refractivity contribution < 1.29 is 24.2 Å². The first-order valence-electron chi connectivity index (χ1n) is 11.8. The summed E-state index contributed by atoms with van der Waals surface area (Å²) in [6.45, 7) is 5.12. The Hall–Kier alpha value is -3.25. The molecule has 6 nitrogen and oxygen atoms in total. The van der Waals surface area contributed by atoms with Crippen LogP contribution in [-0.2, 0) is 20.7 Å². The molecule has 1 heterocycles. The van der Waals surface area contributed by atoms with E-state index in [4.69, 9.17) is 4.74 Å². The van der Waals surface area contributed by atoms with E-state index in [1.54, 1.807) is 6.92 Å². The monoisotopic (exact) mass is 463 g/mol. The smallest absolute Gasteiger partial charge is 0.417 e. The molecule has 6 heteroatoms. The van der Waals surface area contributed by atoms with Crippen LogP contribution in [0.1, 0.15) is 38.3 Å². The van der Waals surface area contributed by atoms with Gasteiger partial charge >= 0.3 is 6.09 Å². The Bertz CT molecular complexity index is 1000. The molecule has 34 heavy (non-hydrogen) atoms. The molecule has 0 unspecified atom stereocenters. The Labute approximate surface area is 201 Å². The first-order valence-corrected chi connectivity index (χ1v) is 11.8. The van der Waals surface area contributed by atoms with Crippen molar-refractivity contribution in [3.05, 3.63) is 77.9 Å². The van der Waals surface area contributed by atoms with Crippen LogP contribution in [0.15, 0.2) is 66.7 Å². The van der Waals surface area contributed by atoms with Gasteiger partial charge in [-0.25, -0.2) is 9.69 Å². The number of ether oxygens (including phenoxy) is 1. The molecule has 0 aliphatic carbocycles. The van der Waals surface area contributed by atoms with Gasteiger partial charge in [0.25, 0.3) is 0 Å². The van der Waals surface area contributed by atoms with Crippen molar-refractivity contribution in [2.45, 2.75) is 45.8 Å². The van der Waals surface area contributed by atoms with Crippen molar-refractivity contribution in [3.63, 3.8) is 0 Å². The molecule has 3 rings (SSSR count). The summed E-state index contributed by atoms with van der Waals surface area (Å²) in [7, 11) is 0. The maximum Gasteiger partial charge on any atom is 0.417 e. The number of allylic oxidation sites excluding steroid dienone is 1. The van der Waals surface area contributed by atoms with Crippen LogP contribution in [0, 0.1) is 17.8 Å². The third-order valence-electron chi connectivity index (χ3n) is 6.47. The zero-order chi connectivity index (χ0) is 24.7. The minimum Gasteiger partial charge on any atom is -0.447 e. The van der Waals surface area contributed by atoms with Crippen molar-refractivity contribution in [2.75, 3.05) is 6.61 Å². The largest absolute Gasteiger partial charge is 0.447 e. The molecular formula is C28H33NO5. The minimum atomic E-state index is -1.05. The van der Waals surface area contributed by atoms with Crippen molar-refractivity contribution in [3.8, 4) is 0 Å². The number of aliphatic hydroxyl groups is 1. The summed E-state index contributed by atoms with van der Waals surface area (Å²) in [5.74, 6) is -2.94. The van der Waals surface area contributed by atoms with Gasteiger partial charge in [-0.2, -0.15) is 0 Å². The second-order valence-corrected chi connectivity index (χ2v) is 9.06. The number of carbonyl (C=O) groups excluding carboxylic acids is 3. The van der Waals surface area contributed by atoms with E-state index in [0.29, 0.717) is 12.8 Å². The molecule has 5 atom stereocenters. The molecule has 1 aliphatic rings. The molecule has 2 aromatic carbocycles. The maximum atomic E-state index is 13.1. The molecule has 180 valence electrons. The lowest BCUT2D eigenvalue weighted by Gasteiger charge is -2.27. The van der Waals surface area contributed by atoms with Crippen molar-refractivity contribution in [1.82, 2.24) is 4.90 Å². The minimum absolute atomic E-state index is 0.101. The quantitative estimate of drug-likeness (QED) is 0.524. The Balaban J connectivity index is 1.60. The van der Waals surface area contributed by atoms with Gasteiger partial charge in [-0.1, -0.05) is 86.7 Å². The molecule has 1 N–H and O–H groups in total. The third kappa shape index (κ3) is 6.20. The Morgan fingerprint density at radius 3 is 2.32 bits per heavy atom. The number of carbonyl (C=O) groups is 3. The number of Topliss-reactive ketones (excluding diaryl/α,β-unsaturated/α-hetero) is 1. The number of hydrogen-bond acceptors (Lipinski definition) is 5. The molecular weight excluding hydrogens is 430 g/mol. The normalized spacial score (nSPS) is 19.5. The summed E-state index contributed by atoms with van der Waals surface area (Å²) in [6, 6.07) is 18.9. The van der Waals surface area contributed by atoms with Gasteiger partial charge in [0.2, 0.25) is 5.91 Å². The zero-order valence-electron chi connectivity index (χ0n) is 20.0. The number of benzene rings is 2. The first kappa shape index (κ1) is 25.4. The highest BCUT2D eigenvalue weighted by atomic mass is 16.6. The van der Waals surface area contributed by atoms with Crippen LogP contribution >= 0.6 is 0 Å². The van der Waals surface area contributed by atoms with E-state index in [2.05, 4.69) is 0 Å². The van der Waals surface area contributed by atoms with Gasteiger partial charge in [0, 0.05) is 5.92 Å². The van der Waals surface area contributed by atoms with Crippen molar-refractivity contribution in [2.24, 2.45) is 17.8 Å². The number of nitrogens with zero attached hydrogens (tertiary/aromatic N) is 1. The van der Waals surface area contributed by atoms with Gasteiger partial charge in [0.15, 0.2) is 0 Å². The van der Waals surface area contributed by atoms with Crippen LogP contribution in [-0.4, -0.2) is 46.5 Å². The summed E-state index contributed by atoms with van der Waals surface area (Å²) in [4.78, 5) is 39.6. The molecule has 0 spiro atoms. The summed E-state index contributed by atoms with van der Waals surface area (Å²) in [5.41, 5.74) is 2.04. The average molecular weight is 464 g/mol. The highest BCUT2D eigenvalue weighted by molar-refractivity contribution is 6.07. The molecule has 2 amide bonds. The third-order valence-corrected chi connectivity index (χ3v) is 6.47. The van der Waals surface area contributed by atoms with Crippen LogP contribution in [0.5, 0.6) is 0 Å². The van der Waals surface area contributed by atoms with Gasteiger partial charge in [0.05, 0.1) is 18.1 Å². The zero-order valence-corrected chi connectivity index (χ0v) is 20.0. The van der Waals surface area contributed by atoms with E-state index >= 15 is 0 Å². The molecule has 0 aromatic heterocycles. The highest BCUT2D eigenvalue weighted by Gasteiger charge is 2.43. The number of ketones is 1. The fraction of sp³-hybridized carbons (Fsp3) is 0.393. The van der Waals surface area contributed by atoms with Crippen LogP contribution < -0.4 is 0 Å². The summed E-state index contributed by atoms with van der Waals surface area (Å²) in [6.07, 6.45) is 3.37. The van der Waals surface area contributed by atoms with E-state index in [1.807, 2.05) is 79.7 Å². The van der Waals surface area contributed by atoms with Crippen LogP contribution in [0.4, 0.5) is 4.79 Å². The van der Waals surface area contributed by atoms with E-state index in [-0.39, 0.29) is 18.3 Å². The number of hydrogen-bond donors (Lipinski definition) is 1. The topological polar surface area (TPSA) is 83.9 Å². The van der Waals surface area contributed by atoms with E-state index < -0.39 is 36.0 Å². The number of cyclic esters (lactones) is 1. The lowest BCUT2D eigenvalue weighted by atomic mass is 9.83. The van der Waals surface area contributed by atoms with Crippen LogP contribution in [0.3, 0.4) is 0 Å². The second-order valence-electron chi connectivity index (χ2n) is 9.06. The standard InChI is InChI=1S/C28H33NO5/c1-19(11-10-16-22-12-6-4-7-13-22)25(30)20(2)26(31)21(3)27(32)29-24(18-34-28(29)33)17-23-14-8-5-9-15-23/h4-10,12-16,19-21,24-25,30H,11,17-18H2,1-3H3/b16-10+/t19-,20+,21-,24-,25+/m1/s1. The van der Waals surface area contributed by atoms with Crippen LogP contribution in [0.2, 0.25) is 0 Å². The summed E-state index contributed by atoms with van der Waals surface area (Å²) in [5, 5.41) is 10.8. The highest BCUT2D eigenvalue weighted by Crippen LogP contribution is 2.25. The molecule has 0 radical (unpaired) electrons. The molecule has 1 fully saturated rings. The number of aliphatic hydroxyl groups excluding tert-OH is 1. The average Bonchev–Trinajstić information content (AvgIpc) is 3.22. The fourth-order valence-corrected chi connectivity index (χ4v) is 4.28. The predicted octanol–water partition coefficient (Wildman–Crippen LogP) is 4.52. The molecule has 0 saturated carbocycles. The van der Waals surface area contributed by atoms with E-state index in [0.717, 1.165) is 16.0 Å². The number of rotatable bonds is 10. The second kappa shape index (κ2) is 11.7. The van der Waals surface area contributed by atoms with Gasteiger partial charge in [0.1, 0.15) is 12.4 Å². The lowest BCUT2D eigenvalue weighted by Crippen LogP contribution is -2.47. The predicted molar refractivity (Wildman–Crippen MR) is 131 cm³/mol. The maximum absolute atomic E-state index is 13.1. The van der Waals surface area contributed by atoms with E-state index in [9.17, 15) is 19.5 Å². The van der Waals surface area contributed by atoms with Gasteiger partial charge in [-0.05, 0) is 36.8 Å². The summed E-state index contributed by atoms with van der Waals surface area (Å²) < 4.78 is 5.13. The van der Waals surface area contributed by atoms with E-state index in [1.165, 1.54) is 6.92 Å². The Kier molecular flexibility index (Phi) is 8.77. The number of amides is 2. The van der Waals surface area contributed by atoms with Crippen LogP contribution in [0.25, 0.3) is 6.08 Å². The lowest BCUT2D eigenvalue weighted by molar-refractivity contribution is -0.142. The molecule has 1 aliphatic heterocycles. The number of imide groups is 1. The molecule has 0 bridgehead atoms. The first-order chi connectivity index (χ1) is 16.3. The SMILES string of the molecule is C[C@H](C(=O)[C@@H](C)[C@@H](O)[C@H](C)C/C=C/c1ccccc1)C(=O)N1C(=O)OC[C@H]1Cc1ccccc1. The Morgan fingerprint density at radius 1 is 1.06 bits per heavy atom. The van der Waals surface area contributed by atoms with Gasteiger partial charge in [-0.15, -0.1) is 0 Å². The Morgan fingerprint density at radius 2 is 1.68 bits per heavy atom. The van der Waals surface area contributed by atoms with Gasteiger partial charge in [-0.3, -0.25) is 9.59 Å². The van der Waals surface area contributed by atoms with Crippen molar-refractivity contribution in [1.29, 1.82) is 0 Å². The fourth-order valence-electron chi connectivity index (χ4n) is 4.28. The van der Waals surface area contributed by atoms with Gasteiger partial charge < -0.3 is 9.84 Å². The molecule has 2 aromatic rings. The van der Waals surface area contributed by atoms with Crippen molar-refractivity contribution >= 4 is 23.9 Å².